The summed E-state index contributed by atoms with van der Waals surface area (Å²) in [6.07, 6.45) is 3.15. The van der Waals surface area contributed by atoms with Crippen LogP contribution in [0.15, 0.2) is 60.6 Å². The van der Waals surface area contributed by atoms with Crippen molar-refractivity contribution >= 4 is 66.6 Å². The molecular formula is C41H45ClF2N6O8S2. The number of thiazole rings is 1. The number of amides is 3. The van der Waals surface area contributed by atoms with Crippen LogP contribution in [0.5, 0.6) is 17.4 Å². The monoisotopic (exact) mass is 886 g/mol. The van der Waals surface area contributed by atoms with Gasteiger partial charge in [-0.2, -0.15) is 8.78 Å². The van der Waals surface area contributed by atoms with Gasteiger partial charge in [-0.25, -0.2) is 18.4 Å². The zero-order valence-electron chi connectivity index (χ0n) is 33.5. The zero-order chi connectivity index (χ0) is 43.3. The third kappa shape index (κ3) is 8.86. The quantitative estimate of drug-likeness (QED) is 0.111. The second kappa shape index (κ2) is 16.4. The largest absolute Gasteiger partial charge is 0.494 e. The number of sulfonamides is 1. The van der Waals surface area contributed by atoms with Crippen LogP contribution in [0.2, 0.25) is 5.02 Å². The Bertz CT molecular complexity index is 2460. The molecule has 3 heterocycles. The van der Waals surface area contributed by atoms with Crippen molar-refractivity contribution in [3.8, 4) is 28.6 Å². The van der Waals surface area contributed by atoms with Crippen molar-refractivity contribution in [2.24, 2.45) is 11.3 Å². The number of anilines is 1. The van der Waals surface area contributed by atoms with E-state index in [1.807, 2.05) is 27.7 Å². The standard InChI is InChI=1S/C41H45ClF2N6O8S2/c1-7-22-17-41(22,37(53)49-60(54,55)25-10-11-25)48-34(51)30-16-24(57-35-27-15-23(42)9-12-26(27)32(56-6)18-45-35)19-50(30)36(52)33(40(3,4)5)47-39-46-29(20-59-39)28-14-21(2)8-13-31(28)58-38(43)44/h7-9,12-15,18,20,22,24-25,30,33,38H,1,10-11,16-17,19H2,2-6H3,(H,46,47)(H,48,51)(H,49,53)/t22-,24-,30+,33-,41-/m1/s1. The second-order valence-corrected chi connectivity index (χ2v) is 19.6. The maximum Gasteiger partial charge on any atom is 0.387 e. The van der Waals surface area contributed by atoms with Gasteiger partial charge in [0.2, 0.25) is 27.7 Å². The summed E-state index contributed by atoms with van der Waals surface area (Å²) in [7, 11) is -2.43. The molecule has 320 valence electrons. The van der Waals surface area contributed by atoms with E-state index in [0.717, 1.165) is 16.9 Å². The molecule has 0 unspecified atom stereocenters. The predicted molar refractivity (Wildman–Crippen MR) is 223 cm³/mol. The Balaban J connectivity index is 1.20. The molecule has 0 spiro atoms. The first-order valence-corrected chi connectivity index (χ1v) is 22.0. The minimum absolute atomic E-state index is 0.0251. The molecule has 1 saturated heterocycles. The van der Waals surface area contributed by atoms with Crippen molar-refractivity contribution in [1.82, 2.24) is 24.9 Å². The van der Waals surface area contributed by atoms with Crippen LogP contribution in [-0.2, 0) is 24.4 Å². The van der Waals surface area contributed by atoms with Crippen LogP contribution in [0.3, 0.4) is 0 Å². The summed E-state index contributed by atoms with van der Waals surface area (Å²) in [6, 6.07) is 7.72. The van der Waals surface area contributed by atoms with Crippen LogP contribution in [-0.4, -0.2) is 90.2 Å². The number of nitrogens with one attached hydrogen (secondary N) is 3. The van der Waals surface area contributed by atoms with E-state index in [1.54, 1.807) is 35.7 Å². The molecule has 60 heavy (non-hydrogen) atoms. The molecule has 1 aliphatic heterocycles. The number of pyridine rings is 1. The molecule has 2 aromatic heterocycles. The zero-order valence-corrected chi connectivity index (χ0v) is 35.8. The van der Waals surface area contributed by atoms with Crippen molar-refractivity contribution in [2.45, 2.75) is 89.0 Å². The predicted octanol–water partition coefficient (Wildman–Crippen LogP) is 6.47. The molecule has 3 fully saturated rings. The molecule has 2 saturated carbocycles. The number of aryl methyl sites for hydroxylation is 1. The number of alkyl halides is 2. The number of carbonyl (C=O) groups is 3. The number of fused-ring (bicyclic) bond motifs is 1. The average Bonchev–Trinajstić information content (AvgIpc) is 4.07. The van der Waals surface area contributed by atoms with Gasteiger partial charge in [-0.1, -0.05) is 50.1 Å². The number of methoxy groups -OCH3 is 1. The van der Waals surface area contributed by atoms with Gasteiger partial charge in [-0.05, 0) is 61.9 Å². The first-order chi connectivity index (χ1) is 28.3. The smallest absolute Gasteiger partial charge is 0.387 e. The number of carbonyl (C=O) groups excluding carboxylic acids is 3. The third-order valence-electron chi connectivity index (χ3n) is 10.9. The fourth-order valence-electron chi connectivity index (χ4n) is 7.42. The molecule has 5 atom stereocenters. The third-order valence-corrected chi connectivity index (χ3v) is 13.7. The van der Waals surface area contributed by atoms with Gasteiger partial charge >= 0.3 is 6.61 Å². The number of rotatable bonds is 15. The molecule has 0 bridgehead atoms. The summed E-state index contributed by atoms with van der Waals surface area (Å²) in [5, 5.41) is 8.96. The van der Waals surface area contributed by atoms with Crippen molar-refractivity contribution in [1.29, 1.82) is 0 Å². The first kappa shape index (κ1) is 43.0. The van der Waals surface area contributed by atoms with Gasteiger partial charge in [0.25, 0.3) is 5.91 Å². The fourth-order valence-corrected chi connectivity index (χ4v) is 9.69. The van der Waals surface area contributed by atoms with Gasteiger partial charge in [-0.15, -0.1) is 17.9 Å². The molecule has 3 amide bonds. The molecule has 7 rings (SSSR count). The van der Waals surface area contributed by atoms with Crippen LogP contribution in [0, 0.1) is 18.3 Å². The van der Waals surface area contributed by atoms with Crippen LogP contribution in [0.4, 0.5) is 13.9 Å². The molecule has 3 aliphatic rings. The SMILES string of the molecule is C=C[C@@H]1C[C@]1(NC(=O)[C@@H]1C[C@@H](Oc2ncc(OC)c3ccc(Cl)cc23)CN1C(=O)[C@@H](Nc1nc(-c2cc(C)ccc2OC(F)F)cs1)C(C)(C)C)C(=O)NS(=O)(=O)C1CC1. The van der Waals surface area contributed by atoms with Crippen LogP contribution >= 0.6 is 22.9 Å². The normalized spacial score (nSPS) is 21.9. The Labute approximate surface area is 355 Å². The summed E-state index contributed by atoms with van der Waals surface area (Å²) in [4.78, 5) is 53.5. The molecule has 3 N–H and O–H groups in total. The number of nitrogens with zero attached hydrogens (tertiary/aromatic N) is 3. The van der Waals surface area contributed by atoms with Gasteiger partial charge in [0.15, 0.2) is 5.13 Å². The molecule has 19 heteroatoms. The van der Waals surface area contributed by atoms with Gasteiger partial charge in [0.05, 0.1) is 30.8 Å². The number of benzene rings is 2. The van der Waals surface area contributed by atoms with Crippen molar-refractivity contribution in [3.63, 3.8) is 0 Å². The lowest BCUT2D eigenvalue weighted by Crippen LogP contribution is -2.58. The maximum atomic E-state index is 14.9. The van der Waals surface area contributed by atoms with Crippen LogP contribution < -0.4 is 29.6 Å². The molecule has 0 radical (unpaired) electrons. The van der Waals surface area contributed by atoms with Crippen LogP contribution in [0.1, 0.15) is 52.0 Å². The number of hydrogen-bond acceptors (Lipinski definition) is 12. The summed E-state index contributed by atoms with van der Waals surface area (Å²) < 4.78 is 71.0. The van der Waals surface area contributed by atoms with E-state index in [-0.39, 0.29) is 31.0 Å². The Kier molecular flexibility index (Phi) is 11.8. The highest BCUT2D eigenvalue weighted by Gasteiger charge is 2.62. The van der Waals surface area contributed by atoms with Gasteiger partial charge < -0.3 is 29.7 Å². The second-order valence-electron chi connectivity index (χ2n) is 16.3. The minimum atomic E-state index is -3.94. The van der Waals surface area contributed by atoms with Gasteiger partial charge in [0, 0.05) is 39.1 Å². The Morgan fingerprint density at radius 3 is 2.52 bits per heavy atom. The van der Waals surface area contributed by atoms with Crippen molar-refractivity contribution < 1.29 is 45.8 Å². The van der Waals surface area contributed by atoms with Crippen LogP contribution in [0.25, 0.3) is 22.0 Å². The van der Waals surface area contributed by atoms with E-state index in [9.17, 15) is 31.6 Å². The van der Waals surface area contributed by atoms with Crippen molar-refractivity contribution in [2.75, 3.05) is 19.0 Å². The van der Waals surface area contributed by atoms with E-state index in [1.165, 1.54) is 30.3 Å². The molecule has 4 aromatic rings. The fraction of sp³-hybridized carbons (Fsp3) is 0.439. The average molecular weight is 887 g/mol. The molecule has 14 nitrogen and oxygen atoms in total. The highest BCUT2D eigenvalue weighted by Crippen LogP contribution is 2.46. The Morgan fingerprint density at radius 2 is 1.87 bits per heavy atom. The number of ether oxygens (including phenoxy) is 3. The Hall–Kier alpha value is -5.07. The number of aromatic nitrogens is 2. The highest BCUT2D eigenvalue weighted by atomic mass is 35.5. The lowest BCUT2D eigenvalue weighted by Gasteiger charge is -2.35. The van der Waals surface area contributed by atoms with Crippen molar-refractivity contribution in [3.05, 3.63) is 71.2 Å². The summed E-state index contributed by atoms with van der Waals surface area (Å²) >= 11 is 7.53. The number of likely N-dealkylation sites (tertiary alicyclic amines) is 1. The van der Waals surface area contributed by atoms with E-state index in [4.69, 9.17) is 25.8 Å². The van der Waals surface area contributed by atoms with E-state index >= 15 is 0 Å². The molecular weight excluding hydrogens is 842 g/mol. The summed E-state index contributed by atoms with van der Waals surface area (Å²) in [6.45, 7) is 7.96. The van der Waals surface area contributed by atoms with E-state index in [0.29, 0.717) is 50.8 Å². The molecule has 2 aliphatic carbocycles. The highest BCUT2D eigenvalue weighted by molar-refractivity contribution is 7.91. The van der Waals surface area contributed by atoms with E-state index in [2.05, 4.69) is 31.9 Å². The lowest BCUT2D eigenvalue weighted by atomic mass is 9.85. The summed E-state index contributed by atoms with van der Waals surface area (Å²) in [5.74, 6) is -2.00. The lowest BCUT2D eigenvalue weighted by molar-refractivity contribution is -0.141. The van der Waals surface area contributed by atoms with Gasteiger partial charge in [-0.3, -0.25) is 19.1 Å². The van der Waals surface area contributed by atoms with E-state index < -0.39 is 74.7 Å². The molecule has 2 aromatic carbocycles. The number of hydrogen-bond donors (Lipinski definition) is 3. The Morgan fingerprint density at radius 1 is 1.12 bits per heavy atom. The topological polar surface area (TPSA) is 178 Å². The summed E-state index contributed by atoms with van der Waals surface area (Å²) in [5.41, 5.74) is -0.899. The minimum Gasteiger partial charge on any atom is -0.494 e. The van der Waals surface area contributed by atoms with Gasteiger partial charge in [0.1, 0.15) is 35.2 Å². The first-order valence-electron chi connectivity index (χ1n) is 19.2. The number of halogens is 3. The maximum absolute atomic E-state index is 14.9.